The van der Waals surface area contributed by atoms with Crippen molar-refractivity contribution in [2.24, 2.45) is 5.73 Å². The van der Waals surface area contributed by atoms with Gasteiger partial charge in [0.25, 0.3) is 20.2 Å². The van der Waals surface area contributed by atoms with Crippen molar-refractivity contribution < 1.29 is 25.9 Å². The molecule has 0 saturated heterocycles. The van der Waals surface area contributed by atoms with Crippen LogP contribution in [0.5, 0.6) is 0 Å². The third kappa shape index (κ3) is 2.19. The van der Waals surface area contributed by atoms with Gasteiger partial charge in [0.15, 0.2) is 10.1 Å². The van der Waals surface area contributed by atoms with E-state index in [1.54, 1.807) is 6.07 Å². The predicted octanol–water partition coefficient (Wildman–Crippen LogP) is 0.185. The van der Waals surface area contributed by atoms with Crippen LogP contribution in [0, 0.1) is 0 Å². The molecule has 0 spiro atoms. The monoisotopic (exact) mass is 305 g/mol. The van der Waals surface area contributed by atoms with E-state index in [0.717, 1.165) is 6.08 Å². The van der Waals surface area contributed by atoms with E-state index in [2.05, 4.69) is 0 Å². The lowest BCUT2D eigenvalue weighted by Gasteiger charge is -2.33. The van der Waals surface area contributed by atoms with E-state index in [9.17, 15) is 25.9 Å². The minimum atomic E-state index is -4.95. The Morgan fingerprint density at radius 1 is 1.11 bits per heavy atom. The molecule has 4 N–H and O–H groups in total. The zero-order valence-corrected chi connectivity index (χ0v) is 11.1. The highest BCUT2D eigenvalue weighted by molar-refractivity contribution is 7.91. The quantitative estimate of drug-likeness (QED) is 0.663. The maximum Gasteiger partial charge on any atom is 0.289 e. The van der Waals surface area contributed by atoms with Gasteiger partial charge in [-0.15, -0.1) is 0 Å². The summed E-state index contributed by atoms with van der Waals surface area (Å²) in [5.41, 5.74) is 5.92. The number of rotatable bonds is 2. The fraction of sp³-hybridized carbons (Fsp3) is 0.200. The van der Waals surface area contributed by atoms with E-state index in [1.807, 2.05) is 0 Å². The molecule has 1 aliphatic rings. The average Bonchev–Trinajstić information content (AvgIpc) is 2.25. The molecular formula is C10H11NO6S2. The molecule has 2 unspecified atom stereocenters. The Bertz CT molecular complexity index is 752. The molecule has 1 aromatic carbocycles. The number of benzene rings is 1. The molecular weight excluding hydrogens is 294 g/mol. The van der Waals surface area contributed by atoms with Crippen LogP contribution >= 0.6 is 0 Å². The van der Waals surface area contributed by atoms with Gasteiger partial charge < -0.3 is 5.73 Å². The maximum absolute atomic E-state index is 11.5. The van der Waals surface area contributed by atoms with E-state index in [1.165, 1.54) is 24.3 Å². The van der Waals surface area contributed by atoms with Crippen LogP contribution in [0.25, 0.3) is 6.08 Å². The first-order valence-corrected chi connectivity index (χ1v) is 8.02. The fourth-order valence-electron chi connectivity index (χ4n) is 2.07. The molecule has 7 nitrogen and oxygen atoms in total. The molecule has 0 saturated carbocycles. The van der Waals surface area contributed by atoms with Crippen molar-refractivity contribution >= 4 is 26.3 Å². The van der Waals surface area contributed by atoms with Crippen LogP contribution in [0.1, 0.15) is 16.4 Å². The molecule has 0 aromatic heterocycles. The first-order valence-electron chi connectivity index (χ1n) is 5.08. The molecule has 0 bridgehead atoms. The van der Waals surface area contributed by atoms with Gasteiger partial charge in [0, 0.05) is 0 Å². The third-order valence-corrected chi connectivity index (χ3v) is 5.61. The van der Waals surface area contributed by atoms with Gasteiger partial charge in [0.05, 0.1) is 0 Å². The average molecular weight is 305 g/mol. The molecule has 1 aliphatic carbocycles. The molecule has 0 amide bonds. The van der Waals surface area contributed by atoms with Gasteiger partial charge in [-0.1, -0.05) is 30.3 Å². The van der Waals surface area contributed by atoms with Gasteiger partial charge in [-0.2, -0.15) is 16.8 Å². The van der Waals surface area contributed by atoms with Gasteiger partial charge in [0.1, 0.15) is 0 Å². The highest BCUT2D eigenvalue weighted by atomic mass is 32.2. The van der Waals surface area contributed by atoms with Gasteiger partial charge in [0.2, 0.25) is 0 Å². The molecule has 2 rings (SSSR count). The Hall–Kier alpha value is -1.26. The Balaban J connectivity index is 2.83. The Morgan fingerprint density at radius 2 is 1.68 bits per heavy atom. The number of nitrogens with two attached hydrogens (primary N) is 1. The van der Waals surface area contributed by atoms with Crippen LogP contribution in [0.15, 0.2) is 30.3 Å². The van der Waals surface area contributed by atoms with E-state index in [0.29, 0.717) is 5.56 Å². The highest BCUT2D eigenvalue weighted by Crippen LogP contribution is 2.41. The van der Waals surface area contributed by atoms with Crippen LogP contribution in [0.2, 0.25) is 0 Å². The summed E-state index contributed by atoms with van der Waals surface area (Å²) < 4.78 is 64.2. The molecule has 19 heavy (non-hydrogen) atoms. The molecule has 9 heteroatoms. The second-order valence-electron chi connectivity index (χ2n) is 4.19. The van der Waals surface area contributed by atoms with Crippen molar-refractivity contribution in [3.8, 4) is 0 Å². The van der Waals surface area contributed by atoms with Crippen LogP contribution in [0.3, 0.4) is 0 Å². The topological polar surface area (TPSA) is 135 Å². The van der Waals surface area contributed by atoms with Gasteiger partial charge >= 0.3 is 0 Å². The zero-order chi connectivity index (χ0) is 14.5. The molecule has 0 radical (unpaired) electrons. The van der Waals surface area contributed by atoms with Gasteiger partial charge in [-0.25, -0.2) is 0 Å². The molecule has 1 aromatic rings. The molecule has 0 fully saturated rings. The summed E-state index contributed by atoms with van der Waals surface area (Å²) in [5.74, 6) is 0. The number of hydrogen-bond acceptors (Lipinski definition) is 5. The normalized spacial score (nSPS) is 27.0. The second-order valence-corrected chi connectivity index (χ2v) is 7.34. The largest absolute Gasteiger partial charge is 0.306 e. The Morgan fingerprint density at radius 3 is 2.21 bits per heavy atom. The standard InChI is InChI=1S/C10H11NO6S2/c11-10(19(15,16)17)6-5-7-3-1-2-4-8(7)9(10)18(12,13)14/h1-6,9H,11H2,(H,12,13,14)(H,15,16,17). The minimum Gasteiger partial charge on any atom is -0.306 e. The van der Waals surface area contributed by atoms with Crippen molar-refractivity contribution in [3.63, 3.8) is 0 Å². The van der Waals surface area contributed by atoms with Crippen molar-refractivity contribution in [2.75, 3.05) is 0 Å². The van der Waals surface area contributed by atoms with Crippen LogP contribution in [0.4, 0.5) is 0 Å². The third-order valence-electron chi connectivity index (χ3n) is 2.96. The highest BCUT2D eigenvalue weighted by Gasteiger charge is 2.53. The lowest BCUT2D eigenvalue weighted by atomic mass is 9.93. The number of fused-ring (bicyclic) bond motifs is 1. The van der Waals surface area contributed by atoms with Crippen LogP contribution in [-0.2, 0) is 20.2 Å². The smallest absolute Gasteiger partial charge is 0.289 e. The molecule has 104 valence electrons. The van der Waals surface area contributed by atoms with Crippen molar-refractivity contribution in [2.45, 2.75) is 10.1 Å². The minimum absolute atomic E-state index is 0.00706. The molecule has 2 atom stereocenters. The zero-order valence-electron chi connectivity index (χ0n) is 9.46. The summed E-state index contributed by atoms with van der Waals surface area (Å²) in [6, 6.07) is 5.94. The summed E-state index contributed by atoms with van der Waals surface area (Å²) in [7, 11) is -9.79. The Labute approximate surface area is 110 Å². The van der Waals surface area contributed by atoms with E-state index < -0.39 is 30.4 Å². The summed E-state index contributed by atoms with van der Waals surface area (Å²) in [6.45, 7) is 0. The van der Waals surface area contributed by atoms with Crippen molar-refractivity contribution in [1.82, 2.24) is 0 Å². The van der Waals surface area contributed by atoms with E-state index in [4.69, 9.17) is 5.73 Å². The summed E-state index contributed by atoms with van der Waals surface area (Å²) >= 11 is 0. The number of hydrogen-bond donors (Lipinski definition) is 3. The van der Waals surface area contributed by atoms with Crippen LogP contribution in [-0.4, -0.2) is 30.8 Å². The lowest BCUT2D eigenvalue weighted by molar-refractivity contribution is 0.417. The lowest BCUT2D eigenvalue weighted by Crippen LogP contribution is -2.54. The van der Waals surface area contributed by atoms with Gasteiger partial charge in [-0.3, -0.25) is 9.11 Å². The van der Waals surface area contributed by atoms with Gasteiger partial charge in [-0.05, 0) is 17.2 Å². The molecule has 0 aliphatic heterocycles. The SMILES string of the molecule is NC1(S(=O)(=O)O)C=Cc2ccccc2C1S(=O)(=O)O. The predicted molar refractivity (Wildman–Crippen MR) is 68.2 cm³/mol. The molecule has 0 heterocycles. The summed E-state index contributed by atoms with van der Waals surface area (Å²) in [5, 5.41) is -1.99. The maximum atomic E-state index is 11.5. The van der Waals surface area contributed by atoms with E-state index >= 15 is 0 Å². The fourth-order valence-corrected chi connectivity index (χ4v) is 4.51. The summed E-state index contributed by atoms with van der Waals surface area (Å²) in [4.78, 5) is -2.63. The second kappa shape index (κ2) is 4.12. The van der Waals surface area contributed by atoms with Crippen molar-refractivity contribution in [3.05, 3.63) is 41.5 Å². The Kier molecular flexibility index (Phi) is 3.07. The van der Waals surface area contributed by atoms with Crippen LogP contribution < -0.4 is 5.73 Å². The first kappa shape index (κ1) is 14.2. The summed E-state index contributed by atoms with van der Waals surface area (Å²) in [6.07, 6.45) is 2.13. The van der Waals surface area contributed by atoms with E-state index in [-0.39, 0.29) is 5.56 Å². The van der Waals surface area contributed by atoms with Crippen molar-refractivity contribution in [1.29, 1.82) is 0 Å². The first-order chi connectivity index (χ1) is 8.57.